The van der Waals surface area contributed by atoms with E-state index in [0.29, 0.717) is 16.5 Å². The fourth-order valence-corrected chi connectivity index (χ4v) is 6.59. The van der Waals surface area contributed by atoms with Gasteiger partial charge in [0.15, 0.2) is 16.9 Å². The number of fused-ring (bicyclic) bond motifs is 1. The Morgan fingerprint density at radius 2 is 1.72 bits per heavy atom. The summed E-state index contributed by atoms with van der Waals surface area (Å²) in [4.78, 5) is 24.2. The van der Waals surface area contributed by atoms with Crippen LogP contribution in [0.2, 0.25) is 0 Å². The van der Waals surface area contributed by atoms with E-state index < -0.39 is 0 Å². The number of thiocarbonyl (C=S) groups is 1. The van der Waals surface area contributed by atoms with Crippen molar-refractivity contribution in [2.24, 2.45) is 0 Å². The van der Waals surface area contributed by atoms with Gasteiger partial charge in [0.25, 0.3) is 5.91 Å². The highest BCUT2D eigenvalue weighted by molar-refractivity contribution is 7.80. The van der Waals surface area contributed by atoms with Crippen molar-refractivity contribution < 1.29 is 9.53 Å². The number of benzene rings is 3. The first kappa shape index (κ1) is 26.8. The first-order chi connectivity index (χ1) is 21.1. The summed E-state index contributed by atoms with van der Waals surface area (Å²) in [5, 5.41) is 7.90. The summed E-state index contributed by atoms with van der Waals surface area (Å²) >= 11 is 7.57. The van der Waals surface area contributed by atoms with Crippen molar-refractivity contribution in [1.29, 1.82) is 0 Å². The van der Waals surface area contributed by atoms with E-state index in [2.05, 4.69) is 37.2 Å². The van der Waals surface area contributed by atoms with Gasteiger partial charge in [0, 0.05) is 23.8 Å². The zero-order chi connectivity index (χ0) is 29.2. The zero-order valence-corrected chi connectivity index (χ0v) is 24.5. The number of nitrogens with one attached hydrogen (secondary N) is 2. The number of hydrogen-bond donors (Lipinski definition) is 2. The van der Waals surface area contributed by atoms with Gasteiger partial charge >= 0.3 is 0 Å². The number of carbonyl (C=O) groups excluding carboxylic acids is 1. The van der Waals surface area contributed by atoms with Crippen LogP contribution >= 0.6 is 23.6 Å². The molecule has 3 aromatic carbocycles. The highest BCUT2D eigenvalue weighted by Crippen LogP contribution is 2.43. The van der Waals surface area contributed by atoms with E-state index in [1.165, 1.54) is 0 Å². The number of amides is 1. The van der Waals surface area contributed by atoms with E-state index in [9.17, 15) is 4.79 Å². The van der Waals surface area contributed by atoms with Crippen molar-refractivity contribution in [3.63, 3.8) is 0 Å². The molecule has 2 atom stereocenters. The molecule has 2 N–H and O–H groups in total. The van der Waals surface area contributed by atoms with Crippen molar-refractivity contribution in [3.05, 3.63) is 133 Å². The highest BCUT2D eigenvalue weighted by atomic mass is 32.1. The van der Waals surface area contributed by atoms with Crippen LogP contribution in [0.1, 0.15) is 23.5 Å². The Kier molecular flexibility index (Phi) is 7.28. The molecule has 1 fully saturated rings. The number of para-hydroxylation sites is 2. The van der Waals surface area contributed by atoms with Gasteiger partial charge in [0.05, 0.1) is 27.6 Å². The molecule has 10 heteroatoms. The number of ether oxygens (including phenoxy) is 1. The monoisotopic (exact) mass is 602 g/mol. The fraction of sp³-hybridized carbons (Fsp3) is 0.0909. The maximum atomic E-state index is 12.5. The van der Waals surface area contributed by atoms with Gasteiger partial charge in [-0.1, -0.05) is 47.7 Å². The minimum Gasteiger partial charge on any atom is -0.484 e. The molecule has 43 heavy (non-hydrogen) atoms. The third kappa shape index (κ3) is 5.45. The van der Waals surface area contributed by atoms with E-state index in [1.807, 2.05) is 103 Å². The van der Waals surface area contributed by atoms with Crippen LogP contribution in [0.15, 0.2) is 122 Å². The van der Waals surface area contributed by atoms with Crippen LogP contribution in [0.5, 0.6) is 5.75 Å². The number of anilines is 2. The van der Waals surface area contributed by atoms with E-state index in [1.54, 1.807) is 17.5 Å². The summed E-state index contributed by atoms with van der Waals surface area (Å²) in [7, 11) is 0. The second kappa shape index (κ2) is 11.7. The molecule has 0 saturated carbocycles. The maximum absolute atomic E-state index is 12.5. The average molecular weight is 603 g/mol. The second-order valence-electron chi connectivity index (χ2n) is 9.96. The molecule has 1 amide bonds. The minimum absolute atomic E-state index is 0.0809. The number of carbonyl (C=O) groups is 1. The lowest BCUT2D eigenvalue weighted by Crippen LogP contribution is -2.30. The number of nitrogens with zero attached hydrogens (tertiary/aromatic N) is 4. The lowest BCUT2D eigenvalue weighted by atomic mass is 10.0. The molecule has 8 nitrogen and oxygen atoms in total. The SMILES string of the molecule is O=C(COc1ccccc1)Nc1ccc(N2C(=S)N[C@H](c3ccccn3)[C@@H]2c2cccn2-c2nc3ccccc3s2)cc1. The number of aromatic nitrogens is 3. The van der Waals surface area contributed by atoms with Crippen LogP contribution in [-0.2, 0) is 4.79 Å². The molecule has 0 unspecified atom stereocenters. The topological polar surface area (TPSA) is 84.3 Å². The van der Waals surface area contributed by atoms with E-state index in [-0.39, 0.29) is 24.6 Å². The zero-order valence-electron chi connectivity index (χ0n) is 22.8. The van der Waals surface area contributed by atoms with Gasteiger partial charge in [0.2, 0.25) is 0 Å². The summed E-state index contributed by atoms with van der Waals surface area (Å²) in [6, 6.07) is 34.7. The third-order valence-corrected chi connectivity index (χ3v) is 8.56. The van der Waals surface area contributed by atoms with Gasteiger partial charge in [-0.25, -0.2) is 4.98 Å². The summed E-state index contributed by atoms with van der Waals surface area (Å²) < 4.78 is 8.84. The number of rotatable bonds is 8. The van der Waals surface area contributed by atoms with Crippen LogP contribution in [0, 0.1) is 0 Å². The Balaban J connectivity index is 1.19. The van der Waals surface area contributed by atoms with Crippen molar-refractivity contribution in [1.82, 2.24) is 19.9 Å². The van der Waals surface area contributed by atoms with Crippen molar-refractivity contribution >= 4 is 56.2 Å². The Morgan fingerprint density at radius 3 is 2.51 bits per heavy atom. The highest BCUT2D eigenvalue weighted by Gasteiger charge is 2.42. The molecule has 1 aliphatic heterocycles. The number of hydrogen-bond acceptors (Lipinski definition) is 6. The molecule has 0 spiro atoms. The van der Waals surface area contributed by atoms with E-state index in [0.717, 1.165) is 32.4 Å². The molecule has 0 radical (unpaired) electrons. The largest absolute Gasteiger partial charge is 0.484 e. The maximum Gasteiger partial charge on any atom is 0.262 e. The third-order valence-electron chi connectivity index (χ3n) is 7.21. The van der Waals surface area contributed by atoms with Crippen LogP contribution < -0.4 is 20.3 Å². The quantitative estimate of drug-likeness (QED) is 0.188. The standard InChI is InChI=1S/C33H26N6O2S2/c40-29(21-41-24-9-2-1-3-10-24)35-22-15-17-23(18-16-22)39-31(30(37-32(39)42)26-12-6-7-19-34-26)27-13-8-20-38(27)33-36-25-11-4-5-14-28(25)43-33/h1-20,30-31H,21H2,(H,35,40)(H,37,42)/t30-,31+/m1/s1. The van der Waals surface area contributed by atoms with Crippen LogP contribution in [0.25, 0.3) is 15.3 Å². The van der Waals surface area contributed by atoms with Gasteiger partial charge in [0.1, 0.15) is 11.8 Å². The van der Waals surface area contributed by atoms with Crippen molar-refractivity contribution in [3.8, 4) is 10.9 Å². The summed E-state index contributed by atoms with van der Waals surface area (Å²) in [6.07, 6.45) is 3.84. The molecule has 212 valence electrons. The average Bonchev–Trinajstić information content (AvgIpc) is 3.78. The summed E-state index contributed by atoms with van der Waals surface area (Å²) in [6.45, 7) is -0.0809. The van der Waals surface area contributed by atoms with Crippen LogP contribution in [-0.4, -0.2) is 32.2 Å². The van der Waals surface area contributed by atoms with Crippen molar-refractivity contribution in [2.45, 2.75) is 12.1 Å². The first-order valence-electron chi connectivity index (χ1n) is 13.8. The molecule has 6 aromatic rings. The lowest BCUT2D eigenvalue weighted by molar-refractivity contribution is -0.118. The predicted molar refractivity (Wildman–Crippen MR) is 174 cm³/mol. The predicted octanol–water partition coefficient (Wildman–Crippen LogP) is 6.68. The first-order valence-corrected chi connectivity index (χ1v) is 15.0. The Hall–Kier alpha value is -5.06. The Morgan fingerprint density at radius 1 is 0.930 bits per heavy atom. The Bertz CT molecular complexity index is 1860. The van der Waals surface area contributed by atoms with Gasteiger partial charge in [-0.15, -0.1) is 0 Å². The molecule has 1 saturated heterocycles. The summed E-state index contributed by atoms with van der Waals surface area (Å²) in [5.41, 5.74) is 4.43. The normalized spacial score (nSPS) is 16.3. The molecular formula is C33H26N6O2S2. The number of thiazole rings is 1. The van der Waals surface area contributed by atoms with Gasteiger partial charge in [-0.2, -0.15) is 0 Å². The molecule has 4 heterocycles. The minimum atomic E-state index is -0.239. The van der Waals surface area contributed by atoms with Crippen LogP contribution in [0.4, 0.5) is 11.4 Å². The van der Waals surface area contributed by atoms with Crippen LogP contribution in [0.3, 0.4) is 0 Å². The molecule has 7 rings (SSSR count). The van der Waals surface area contributed by atoms with Gasteiger partial charge in [-0.3, -0.25) is 14.3 Å². The second-order valence-corrected chi connectivity index (χ2v) is 11.4. The van der Waals surface area contributed by atoms with E-state index >= 15 is 0 Å². The smallest absolute Gasteiger partial charge is 0.262 e. The summed E-state index contributed by atoms with van der Waals surface area (Å²) in [5.74, 6) is 0.406. The Labute approximate surface area is 257 Å². The fourth-order valence-electron chi connectivity index (χ4n) is 5.27. The van der Waals surface area contributed by atoms with Gasteiger partial charge < -0.3 is 20.3 Å². The van der Waals surface area contributed by atoms with E-state index in [4.69, 9.17) is 21.9 Å². The molecule has 3 aromatic heterocycles. The molecule has 0 aliphatic carbocycles. The molecule has 1 aliphatic rings. The van der Waals surface area contributed by atoms with Gasteiger partial charge in [-0.05, 0) is 85.0 Å². The van der Waals surface area contributed by atoms with Crippen molar-refractivity contribution in [2.75, 3.05) is 16.8 Å². The molecule has 0 bridgehead atoms. The lowest BCUT2D eigenvalue weighted by Gasteiger charge is -2.28. The molecular weight excluding hydrogens is 577 g/mol. The number of pyridine rings is 1.